The molecule has 0 amide bonds. The van der Waals surface area contributed by atoms with Crippen LogP contribution in [0, 0.1) is 0 Å². The van der Waals surface area contributed by atoms with Gasteiger partial charge in [-0.05, 0) is 19.8 Å². The lowest BCUT2D eigenvalue weighted by Crippen LogP contribution is -2.48. The maximum Gasteiger partial charge on any atom is 0.0933 e. The van der Waals surface area contributed by atoms with E-state index in [-0.39, 0.29) is 11.6 Å². The zero-order chi connectivity index (χ0) is 16.1. The van der Waals surface area contributed by atoms with Crippen molar-refractivity contribution in [2.45, 2.75) is 96.6 Å². The third kappa shape index (κ3) is 9.12. The summed E-state index contributed by atoms with van der Waals surface area (Å²) >= 11 is 0. The van der Waals surface area contributed by atoms with Gasteiger partial charge in [-0.25, -0.2) is 0 Å². The molecule has 0 spiro atoms. The lowest BCUT2D eigenvalue weighted by atomic mass is 9.88. The number of rotatable bonds is 13. The molecule has 0 bridgehead atoms. The molecule has 1 aliphatic rings. The molecule has 3 nitrogen and oxygen atoms in total. The Bertz CT molecular complexity index is 254. The SMILES string of the molecule is CCCCCCCC(C)(CCCCC)NCC1COCCO1. The van der Waals surface area contributed by atoms with E-state index >= 15 is 0 Å². The van der Waals surface area contributed by atoms with Crippen molar-refractivity contribution in [2.75, 3.05) is 26.4 Å². The van der Waals surface area contributed by atoms with E-state index in [0.717, 1.165) is 26.4 Å². The summed E-state index contributed by atoms with van der Waals surface area (Å²) in [5.74, 6) is 0. The summed E-state index contributed by atoms with van der Waals surface area (Å²) < 4.78 is 11.3. The molecule has 1 aliphatic heterocycles. The van der Waals surface area contributed by atoms with Gasteiger partial charge in [-0.3, -0.25) is 0 Å². The molecule has 2 unspecified atom stereocenters. The highest BCUT2D eigenvalue weighted by Crippen LogP contribution is 2.23. The highest BCUT2D eigenvalue weighted by atomic mass is 16.6. The van der Waals surface area contributed by atoms with Crippen LogP contribution in [0.1, 0.15) is 85.0 Å². The Labute approximate surface area is 138 Å². The summed E-state index contributed by atoms with van der Waals surface area (Å²) in [4.78, 5) is 0. The van der Waals surface area contributed by atoms with E-state index in [9.17, 15) is 0 Å². The molecule has 0 saturated carbocycles. The van der Waals surface area contributed by atoms with Crippen LogP contribution in [0.25, 0.3) is 0 Å². The van der Waals surface area contributed by atoms with E-state index in [1.807, 2.05) is 0 Å². The predicted octanol–water partition coefficient (Wildman–Crippen LogP) is 4.69. The molecule has 0 aromatic rings. The maximum absolute atomic E-state index is 5.77. The van der Waals surface area contributed by atoms with Crippen LogP contribution in [-0.4, -0.2) is 38.0 Å². The Kier molecular flexibility index (Phi) is 11.2. The summed E-state index contributed by atoms with van der Waals surface area (Å²) in [5, 5.41) is 3.81. The summed E-state index contributed by atoms with van der Waals surface area (Å²) in [6.07, 6.45) is 13.6. The second-order valence-electron chi connectivity index (χ2n) is 7.13. The quantitative estimate of drug-likeness (QED) is 0.500. The van der Waals surface area contributed by atoms with Crippen LogP contribution >= 0.6 is 0 Å². The second-order valence-corrected chi connectivity index (χ2v) is 7.13. The minimum atomic E-state index is 0.236. The van der Waals surface area contributed by atoms with E-state index in [1.54, 1.807) is 0 Å². The monoisotopic (exact) mass is 313 g/mol. The van der Waals surface area contributed by atoms with Gasteiger partial charge in [0.1, 0.15) is 0 Å². The molecule has 132 valence electrons. The zero-order valence-corrected chi connectivity index (χ0v) is 15.3. The number of unbranched alkanes of at least 4 members (excludes halogenated alkanes) is 6. The van der Waals surface area contributed by atoms with Crippen molar-refractivity contribution in [3.05, 3.63) is 0 Å². The lowest BCUT2D eigenvalue weighted by Gasteiger charge is -2.34. The summed E-state index contributed by atoms with van der Waals surface area (Å²) in [6.45, 7) is 10.1. The molecule has 3 heteroatoms. The largest absolute Gasteiger partial charge is 0.376 e. The van der Waals surface area contributed by atoms with E-state index in [2.05, 4.69) is 26.1 Å². The van der Waals surface area contributed by atoms with Crippen LogP contribution < -0.4 is 5.32 Å². The topological polar surface area (TPSA) is 30.5 Å². The third-order valence-electron chi connectivity index (χ3n) is 4.81. The molecule has 0 aromatic carbocycles. The fourth-order valence-corrected chi connectivity index (χ4v) is 3.20. The van der Waals surface area contributed by atoms with Crippen molar-refractivity contribution >= 4 is 0 Å². The molecule has 1 saturated heterocycles. The van der Waals surface area contributed by atoms with Crippen molar-refractivity contribution in [3.63, 3.8) is 0 Å². The van der Waals surface area contributed by atoms with Crippen LogP contribution in [0.2, 0.25) is 0 Å². The first-order valence-corrected chi connectivity index (χ1v) is 9.64. The minimum Gasteiger partial charge on any atom is -0.376 e. The number of hydrogen-bond donors (Lipinski definition) is 1. The van der Waals surface area contributed by atoms with Gasteiger partial charge in [-0.1, -0.05) is 65.2 Å². The maximum atomic E-state index is 5.77. The Balaban J connectivity index is 2.31. The Morgan fingerprint density at radius 1 is 0.909 bits per heavy atom. The summed E-state index contributed by atoms with van der Waals surface area (Å²) in [5.41, 5.74) is 0.266. The molecule has 1 N–H and O–H groups in total. The fraction of sp³-hybridized carbons (Fsp3) is 1.00. The average Bonchev–Trinajstić information content (AvgIpc) is 2.54. The van der Waals surface area contributed by atoms with Crippen LogP contribution in [0.5, 0.6) is 0 Å². The van der Waals surface area contributed by atoms with Gasteiger partial charge in [0.2, 0.25) is 0 Å². The number of hydrogen-bond acceptors (Lipinski definition) is 3. The van der Waals surface area contributed by atoms with E-state index < -0.39 is 0 Å². The minimum absolute atomic E-state index is 0.236. The fourth-order valence-electron chi connectivity index (χ4n) is 3.20. The van der Waals surface area contributed by atoms with Gasteiger partial charge < -0.3 is 14.8 Å². The van der Waals surface area contributed by atoms with Gasteiger partial charge in [0.25, 0.3) is 0 Å². The molecule has 0 aliphatic carbocycles. The van der Waals surface area contributed by atoms with Crippen molar-refractivity contribution in [1.29, 1.82) is 0 Å². The smallest absolute Gasteiger partial charge is 0.0933 e. The van der Waals surface area contributed by atoms with Gasteiger partial charge in [0.05, 0.1) is 25.9 Å². The van der Waals surface area contributed by atoms with Crippen LogP contribution in [0.4, 0.5) is 0 Å². The summed E-state index contributed by atoms with van der Waals surface area (Å²) in [7, 11) is 0. The highest BCUT2D eigenvalue weighted by molar-refractivity contribution is 4.84. The molecule has 1 rings (SSSR count). The number of nitrogens with one attached hydrogen (secondary N) is 1. The first kappa shape index (κ1) is 19.9. The Morgan fingerprint density at radius 3 is 2.18 bits per heavy atom. The van der Waals surface area contributed by atoms with Gasteiger partial charge in [0.15, 0.2) is 0 Å². The standard InChI is InChI=1S/C19H39NO2/c1-4-6-8-9-11-13-19(3,12-10-7-5-2)20-16-18-17-21-14-15-22-18/h18,20H,4-17H2,1-3H3. The zero-order valence-electron chi connectivity index (χ0n) is 15.3. The van der Waals surface area contributed by atoms with Crippen LogP contribution in [0.15, 0.2) is 0 Å². The summed E-state index contributed by atoms with van der Waals surface area (Å²) in [6, 6.07) is 0. The van der Waals surface area contributed by atoms with E-state index in [1.165, 1.54) is 64.2 Å². The predicted molar refractivity (Wildman–Crippen MR) is 94.5 cm³/mol. The average molecular weight is 314 g/mol. The highest BCUT2D eigenvalue weighted by Gasteiger charge is 2.25. The molecule has 0 aromatic heterocycles. The number of ether oxygens (including phenoxy) is 2. The van der Waals surface area contributed by atoms with Gasteiger partial charge in [-0.2, -0.15) is 0 Å². The molecule has 1 fully saturated rings. The third-order valence-corrected chi connectivity index (χ3v) is 4.81. The van der Waals surface area contributed by atoms with E-state index in [4.69, 9.17) is 9.47 Å². The molecule has 1 heterocycles. The van der Waals surface area contributed by atoms with Crippen molar-refractivity contribution in [3.8, 4) is 0 Å². The van der Waals surface area contributed by atoms with Crippen LogP contribution in [-0.2, 0) is 9.47 Å². The Morgan fingerprint density at radius 2 is 1.55 bits per heavy atom. The van der Waals surface area contributed by atoms with Crippen molar-refractivity contribution < 1.29 is 9.47 Å². The molecule has 22 heavy (non-hydrogen) atoms. The van der Waals surface area contributed by atoms with Crippen molar-refractivity contribution in [1.82, 2.24) is 5.32 Å². The normalized spacial score (nSPS) is 21.7. The molecular formula is C19H39NO2. The van der Waals surface area contributed by atoms with Gasteiger partial charge >= 0.3 is 0 Å². The molecular weight excluding hydrogens is 274 g/mol. The second kappa shape index (κ2) is 12.3. The molecule has 2 atom stereocenters. The van der Waals surface area contributed by atoms with Crippen LogP contribution in [0.3, 0.4) is 0 Å². The van der Waals surface area contributed by atoms with Gasteiger partial charge in [0, 0.05) is 12.1 Å². The van der Waals surface area contributed by atoms with E-state index in [0.29, 0.717) is 0 Å². The van der Waals surface area contributed by atoms with Crippen molar-refractivity contribution in [2.24, 2.45) is 0 Å². The molecule has 0 radical (unpaired) electrons. The first-order valence-electron chi connectivity index (χ1n) is 9.64. The Hall–Kier alpha value is -0.120. The lowest BCUT2D eigenvalue weighted by molar-refractivity contribution is -0.0885. The van der Waals surface area contributed by atoms with Gasteiger partial charge in [-0.15, -0.1) is 0 Å². The first-order chi connectivity index (χ1) is 10.7.